The molecular formula is C16H17F2N3O3S. The second kappa shape index (κ2) is 7.40. The van der Waals surface area contributed by atoms with Crippen molar-refractivity contribution in [1.82, 2.24) is 14.3 Å². The zero-order chi connectivity index (χ0) is 17.9. The lowest BCUT2D eigenvalue weighted by atomic mass is 10.1. The summed E-state index contributed by atoms with van der Waals surface area (Å²) in [6.45, 7) is 0.454. The lowest BCUT2D eigenvalue weighted by molar-refractivity contribution is 0.124. The number of aromatic nitrogens is 2. The SMILES string of the molecule is O=S(=O)(Cc1cc(F)ccc1F)N1CCC[C@H](Oc2cnccn2)C1. The molecule has 1 atom stereocenters. The Kier molecular flexibility index (Phi) is 5.24. The highest BCUT2D eigenvalue weighted by molar-refractivity contribution is 7.88. The molecule has 0 spiro atoms. The highest BCUT2D eigenvalue weighted by atomic mass is 32.2. The Bertz CT molecular complexity index is 834. The van der Waals surface area contributed by atoms with E-state index < -0.39 is 27.4 Å². The van der Waals surface area contributed by atoms with E-state index in [-0.39, 0.29) is 18.2 Å². The normalized spacial score (nSPS) is 18.9. The van der Waals surface area contributed by atoms with Crippen molar-refractivity contribution in [3.8, 4) is 5.88 Å². The van der Waals surface area contributed by atoms with Gasteiger partial charge in [0.15, 0.2) is 0 Å². The molecule has 3 rings (SSSR count). The zero-order valence-electron chi connectivity index (χ0n) is 13.3. The van der Waals surface area contributed by atoms with Crippen LogP contribution in [-0.4, -0.2) is 41.9 Å². The second-order valence-corrected chi connectivity index (χ2v) is 7.74. The van der Waals surface area contributed by atoms with Gasteiger partial charge < -0.3 is 4.74 Å². The summed E-state index contributed by atoms with van der Waals surface area (Å²) in [5.41, 5.74) is -0.183. The van der Waals surface area contributed by atoms with Crippen molar-refractivity contribution in [3.63, 3.8) is 0 Å². The van der Waals surface area contributed by atoms with Crippen LogP contribution in [0.3, 0.4) is 0 Å². The fourth-order valence-corrected chi connectivity index (χ4v) is 4.31. The van der Waals surface area contributed by atoms with Gasteiger partial charge in [0.2, 0.25) is 15.9 Å². The Labute approximate surface area is 144 Å². The number of rotatable bonds is 5. The van der Waals surface area contributed by atoms with Crippen molar-refractivity contribution in [3.05, 3.63) is 54.0 Å². The molecule has 0 saturated carbocycles. The van der Waals surface area contributed by atoms with Gasteiger partial charge in [0, 0.05) is 24.5 Å². The molecule has 2 aromatic rings. The van der Waals surface area contributed by atoms with Crippen molar-refractivity contribution >= 4 is 10.0 Å². The van der Waals surface area contributed by atoms with E-state index in [4.69, 9.17) is 4.74 Å². The predicted molar refractivity (Wildman–Crippen MR) is 86.2 cm³/mol. The summed E-state index contributed by atoms with van der Waals surface area (Å²) >= 11 is 0. The molecule has 1 aromatic carbocycles. The van der Waals surface area contributed by atoms with Crippen LogP contribution in [-0.2, 0) is 15.8 Å². The molecule has 0 aliphatic carbocycles. The maximum Gasteiger partial charge on any atom is 0.232 e. The van der Waals surface area contributed by atoms with Crippen molar-refractivity contribution in [2.24, 2.45) is 0 Å². The van der Waals surface area contributed by atoms with E-state index >= 15 is 0 Å². The van der Waals surface area contributed by atoms with E-state index in [0.717, 1.165) is 18.2 Å². The van der Waals surface area contributed by atoms with Crippen LogP contribution in [0.1, 0.15) is 18.4 Å². The lowest BCUT2D eigenvalue weighted by Crippen LogP contribution is -2.44. The lowest BCUT2D eigenvalue weighted by Gasteiger charge is -2.31. The molecule has 1 aromatic heterocycles. The van der Waals surface area contributed by atoms with Crippen LogP contribution in [0.15, 0.2) is 36.8 Å². The van der Waals surface area contributed by atoms with Crippen LogP contribution in [0.25, 0.3) is 0 Å². The number of benzene rings is 1. The van der Waals surface area contributed by atoms with E-state index in [1.54, 1.807) is 0 Å². The first-order chi connectivity index (χ1) is 11.9. The molecule has 9 heteroatoms. The number of sulfonamides is 1. The van der Waals surface area contributed by atoms with Gasteiger partial charge in [-0.1, -0.05) is 0 Å². The maximum atomic E-state index is 13.7. The first-order valence-corrected chi connectivity index (χ1v) is 9.39. The highest BCUT2D eigenvalue weighted by Crippen LogP contribution is 2.22. The van der Waals surface area contributed by atoms with Gasteiger partial charge in [-0.2, -0.15) is 4.31 Å². The van der Waals surface area contributed by atoms with Crippen molar-refractivity contribution in [2.45, 2.75) is 24.7 Å². The summed E-state index contributed by atoms with van der Waals surface area (Å²) in [6, 6.07) is 2.79. The third-order valence-corrected chi connectivity index (χ3v) is 5.70. The highest BCUT2D eigenvalue weighted by Gasteiger charge is 2.31. The zero-order valence-corrected chi connectivity index (χ0v) is 14.1. The van der Waals surface area contributed by atoms with Gasteiger partial charge in [0.25, 0.3) is 0 Å². The van der Waals surface area contributed by atoms with Crippen LogP contribution in [0.5, 0.6) is 5.88 Å². The number of piperidine rings is 1. The van der Waals surface area contributed by atoms with Crippen LogP contribution in [0.4, 0.5) is 8.78 Å². The van der Waals surface area contributed by atoms with Gasteiger partial charge >= 0.3 is 0 Å². The number of nitrogens with zero attached hydrogens (tertiary/aromatic N) is 3. The van der Waals surface area contributed by atoms with Crippen molar-refractivity contribution < 1.29 is 21.9 Å². The molecule has 0 unspecified atom stereocenters. The molecule has 1 saturated heterocycles. The fraction of sp³-hybridized carbons (Fsp3) is 0.375. The van der Waals surface area contributed by atoms with Crippen molar-refractivity contribution in [1.29, 1.82) is 0 Å². The van der Waals surface area contributed by atoms with E-state index in [9.17, 15) is 17.2 Å². The van der Waals surface area contributed by atoms with Gasteiger partial charge in [-0.15, -0.1) is 0 Å². The molecule has 0 amide bonds. The standard InChI is InChI=1S/C16H17F2N3O3S/c17-13-3-4-15(18)12(8-13)11-25(22,23)21-7-1-2-14(10-21)24-16-9-19-5-6-20-16/h3-6,8-9,14H,1-2,7,10-11H2/t14-/m0/s1. The average molecular weight is 369 g/mol. The molecule has 134 valence electrons. The first-order valence-electron chi connectivity index (χ1n) is 7.78. The minimum absolute atomic E-state index is 0.135. The molecule has 1 aliphatic rings. The van der Waals surface area contributed by atoms with Gasteiger partial charge in [-0.05, 0) is 31.0 Å². The largest absolute Gasteiger partial charge is 0.472 e. The Hall–Kier alpha value is -2.13. The Morgan fingerprint density at radius 3 is 2.88 bits per heavy atom. The molecule has 0 bridgehead atoms. The molecule has 0 N–H and O–H groups in total. The van der Waals surface area contributed by atoms with E-state index in [1.807, 2.05) is 0 Å². The second-order valence-electron chi connectivity index (χ2n) is 5.78. The third-order valence-electron chi connectivity index (χ3n) is 3.91. The molecule has 2 heterocycles. The Balaban J connectivity index is 1.70. The molecule has 25 heavy (non-hydrogen) atoms. The summed E-state index contributed by atoms with van der Waals surface area (Å²) in [6.07, 6.45) is 5.37. The quantitative estimate of drug-likeness (QED) is 0.807. The van der Waals surface area contributed by atoms with Crippen LogP contribution >= 0.6 is 0 Å². The molecule has 1 aliphatic heterocycles. The predicted octanol–water partition coefficient (Wildman–Crippen LogP) is 2.13. The third kappa shape index (κ3) is 4.49. The number of hydrogen-bond donors (Lipinski definition) is 0. The Morgan fingerprint density at radius 1 is 1.28 bits per heavy atom. The number of halogens is 2. The van der Waals surface area contributed by atoms with Gasteiger partial charge in [-0.25, -0.2) is 22.2 Å². The van der Waals surface area contributed by atoms with Crippen LogP contribution in [0.2, 0.25) is 0 Å². The van der Waals surface area contributed by atoms with Gasteiger partial charge in [-0.3, -0.25) is 4.98 Å². The minimum Gasteiger partial charge on any atom is -0.472 e. The van der Waals surface area contributed by atoms with Gasteiger partial charge in [0.05, 0.1) is 18.5 Å². The summed E-state index contributed by atoms with van der Waals surface area (Å²) in [5, 5.41) is 0. The topological polar surface area (TPSA) is 72.4 Å². The monoisotopic (exact) mass is 369 g/mol. The van der Waals surface area contributed by atoms with Crippen LogP contribution in [0, 0.1) is 11.6 Å². The Morgan fingerprint density at radius 2 is 2.12 bits per heavy atom. The average Bonchev–Trinajstić information content (AvgIpc) is 2.59. The fourth-order valence-electron chi connectivity index (χ4n) is 2.71. The van der Waals surface area contributed by atoms with Gasteiger partial charge in [0.1, 0.15) is 17.7 Å². The molecule has 1 fully saturated rings. The van der Waals surface area contributed by atoms with Crippen LogP contribution < -0.4 is 4.74 Å². The summed E-state index contributed by atoms with van der Waals surface area (Å²) in [4.78, 5) is 7.90. The number of hydrogen-bond acceptors (Lipinski definition) is 5. The summed E-state index contributed by atoms with van der Waals surface area (Å²) < 4.78 is 59.1. The minimum atomic E-state index is -3.79. The molecule has 6 nitrogen and oxygen atoms in total. The van der Waals surface area contributed by atoms with E-state index in [0.29, 0.717) is 25.3 Å². The number of ether oxygens (including phenoxy) is 1. The molecular weight excluding hydrogens is 352 g/mol. The summed E-state index contributed by atoms with van der Waals surface area (Å²) in [5.74, 6) is -1.68. The smallest absolute Gasteiger partial charge is 0.232 e. The van der Waals surface area contributed by atoms with E-state index in [2.05, 4.69) is 9.97 Å². The maximum absolute atomic E-state index is 13.7. The molecule has 0 radical (unpaired) electrons. The van der Waals surface area contributed by atoms with Crippen molar-refractivity contribution in [2.75, 3.05) is 13.1 Å². The summed E-state index contributed by atoms with van der Waals surface area (Å²) in [7, 11) is -3.79. The van der Waals surface area contributed by atoms with E-state index in [1.165, 1.54) is 22.9 Å². The first kappa shape index (κ1) is 17.7.